The van der Waals surface area contributed by atoms with Gasteiger partial charge in [-0.1, -0.05) is 53.8 Å². The molecule has 0 spiro atoms. The van der Waals surface area contributed by atoms with E-state index in [9.17, 15) is 9.59 Å². The van der Waals surface area contributed by atoms with Crippen LogP contribution in [0.3, 0.4) is 0 Å². The van der Waals surface area contributed by atoms with Gasteiger partial charge in [0.05, 0.1) is 56.4 Å². The molecule has 0 saturated carbocycles. The van der Waals surface area contributed by atoms with E-state index >= 15 is 0 Å². The van der Waals surface area contributed by atoms with Gasteiger partial charge in [-0.15, -0.1) is 0 Å². The topological polar surface area (TPSA) is 97.6 Å². The largest absolute Gasteiger partial charge is 0.493 e. The molecule has 0 unspecified atom stereocenters. The molecule has 1 aromatic heterocycles. The number of carbonyl (C=O) groups is 1. The van der Waals surface area contributed by atoms with Crippen molar-refractivity contribution in [2.24, 2.45) is 4.99 Å². The molecule has 222 valence electrons. The van der Waals surface area contributed by atoms with Gasteiger partial charge in [0.2, 0.25) is 0 Å². The van der Waals surface area contributed by atoms with Gasteiger partial charge in [-0.2, -0.15) is 0 Å². The number of methoxy groups -OCH3 is 3. The molecule has 0 amide bonds. The standard InChI is InChI=1S/C33H32N2O7S/c1-6-41-26-17-20(13-15-24(26)39-4)18-27-31(36)35-30(22-14-16-23(38-3)25(19-22)40-5)28(32(37)42-7-2)29(34-33(35)43-27)21-11-9-8-10-12-21/h8-19,30H,6-7H2,1-5H3/b27-18-/t30-/m1/s1. The summed E-state index contributed by atoms with van der Waals surface area (Å²) in [6.07, 6.45) is 1.79. The average Bonchev–Trinajstić information content (AvgIpc) is 3.34. The van der Waals surface area contributed by atoms with Crippen molar-refractivity contribution in [3.63, 3.8) is 0 Å². The van der Waals surface area contributed by atoms with Crippen LogP contribution >= 0.6 is 11.3 Å². The van der Waals surface area contributed by atoms with Crippen molar-refractivity contribution in [2.75, 3.05) is 34.5 Å². The Balaban J connectivity index is 1.80. The van der Waals surface area contributed by atoms with Crippen LogP contribution in [0, 0.1) is 0 Å². The van der Waals surface area contributed by atoms with Crippen LogP contribution in [0.15, 0.2) is 82.1 Å². The highest BCUT2D eigenvalue weighted by molar-refractivity contribution is 7.07. The third kappa shape index (κ3) is 5.78. The van der Waals surface area contributed by atoms with Crippen LogP contribution in [0.4, 0.5) is 0 Å². The van der Waals surface area contributed by atoms with E-state index in [1.54, 1.807) is 50.0 Å². The predicted octanol–water partition coefficient (Wildman–Crippen LogP) is 4.36. The number of rotatable bonds is 10. The first-order valence-corrected chi connectivity index (χ1v) is 14.6. The molecule has 10 heteroatoms. The van der Waals surface area contributed by atoms with E-state index in [0.29, 0.717) is 50.2 Å². The van der Waals surface area contributed by atoms with Gasteiger partial charge in [0.25, 0.3) is 5.56 Å². The minimum Gasteiger partial charge on any atom is -0.493 e. The second-order valence-electron chi connectivity index (χ2n) is 9.39. The summed E-state index contributed by atoms with van der Waals surface area (Å²) in [5.74, 6) is 1.60. The maximum atomic E-state index is 14.2. The van der Waals surface area contributed by atoms with Gasteiger partial charge in [-0.3, -0.25) is 9.36 Å². The van der Waals surface area contributed by atoms with E-state index in [1.807, 2.05) is 55.5 Å². The third-order valence-corrected chi connectivity index (χ3v) is 7.87. The molecule has 0 fully saturated rings. The van der Waals surface area contributed by atoms with Gasteiger partial charge in [-0.25, -0.2) is 9.79 Å². The van der Waals surface area contributed by atoms with Gasteiger partial charge in [0, 0.05) is 5.56 Å². The van der Waals surface area contributed by atoms with Crippen molar-refractivity contribution in [3.8, 4) is 23.0 Å². The molecule has 4 aromatic rings. The quantitative estimate of drug-likeness (QED) is 0.250. The first kappa shape index (κ1) is 29.7. The molecule has 1 aliphatic rings. The number of thiazole rings is 1. The summed E-state index contributed by atoms with van der Waals surface area (Å²) in [7, 11) is 4.67. The Morgan fingerprint density at radius 2 is 1.58 bits per heavy atom. The van der Waals surface area contributed by atoms with Gasteiger partial charge < -0.3 is 23.7 Å². The second-order valence-corrected chi connectivity index (χ2v) is 10.4. The lowest BCUT2D eigenvalue weighted by Gasteiger charge is -2.26. The van der Waals surface area contributed by atoms with Crippen molar-refractivity contribution >= 4 is 29.1 Å². The molecule has 0 saturated heterocycles. The van der Waals surface area contributed by atoms with Crippen LogP contribution in [0.25, 0.3) is 11.8 Å². The normalized spacial score (nSPS) is 14.5. The number of carbonyl (C=O) groups excluding carboxylic acids is 1. The minimum atomic E-state index is -0.845. The number of ether oxygens (including phenoxy) is 5. The van der Waals surface area contributed by atoms with Crippen LogP contribution in [-0.4, -0.2) is 45.1 Å². The van der Waals surface area contributed by atoms with Crippen LogP contribution in [0.5, 0.6) is 23.0 Å². The molecule has 5 rings (SSSR count). The van der Waals surface area contributed by atoms with Crippen molar-refractivity contribution < 1.29 is 28.5 Å². The molecule has 0 aliphatic carbocycles. The zero-order chi connectivity index (χ0) is 30.5. The van der Waals surface area contributed by atoms with Crippen molar-refractivity contribution in [1.82, 2.24) is 4.57 Å². The van der Waals surface area contributed by atoms with Crippen molar-refractivity contribution in [3.05, 3.63) is 109 Å². The van der Waals surface area contributed by atoms with Gasteiger partial charge >= 0.3 is 5.97 Å². The van der Waals surface area contributed by atoms with E-state index < -0.39 is 12.0 Å². The predicted molar refractivity (Wildman–Crippen MR) is 165 cm³/mol. The molecule has 1 aliphatic heterocycles. The second kappa shape index (κ2) is 13.0. The van der Waals surface area contributed by atoms with Crippen LogP contribution in [0.2, 0.25) is 0 Å². The minimum absolute atomic E-state index is 0.160. The van der Waals surface area contributed by atoms with Crippen LogP contribution in [0.1, 0.15) is 36.6 Å². The van der Waals surface area contributed by atoms with Gasteiger partial charge in [0.15, 0.2) is 27.8 Å². The molecule has 43 heavy (non-hydrogen) atoms. The third-order valence-electron chi connectivity index (χ3n) is 6.88. The number of hydrogen-bond donors (Lipinski definition) is 0. The summed E-state index contributed by atoms with van der Waals surface area (Å²) in [5, 5.41) is 0. The molecular formula is C33H32N2O7S. The number of aromatic nitrogens is 1. The van der Waals surface area contributed by atoms with Crippen molar-refractivity contribution in [1.29, 1.82) is 0 Å². The molecule has 1 atom stereocenters. The first-order chi connectivity index (χ1) is 20.9. The molecule has 0 N–H and O–H groups in total. The summed E-state index contributed by atoms with van der Waals surface area (Å²) in [6, 6.07) is 19.4. The summed E-state index contributed by atoms with van der Waals surface area (Å²) in [6.45, 7) is 4.26. The van der Waals surface area contributed by atoms with Crippen LogP contribution in [-0.2, 0) is 9.53 Å². The molecule has 0 radical (unpaired) electrons. The number of hydrogen-bond acceptors (Lipinski definition) is 9. The molecule has 2 heterocycles. The van der Waals surface area contributed by atoms with Gasteiger partial charge in [0.1, 0.15) is 0 Å². The smallest absolute Gasteiger partial charge is 0.338 e. The highest BCUT2D eigenvalue weighted by atomic mass is 32.1. The zero-order valence-electron chi connectivity index (χ0n) is 24.6. The summed E-state index contributed by atoms with van der Waals surface area (Å²) < 4.78 is 29.7. The Hall–Kier alpha value is -4.83. The maximum Gasteiger partial charge on any atom is 0.338 e. The number of esters is 1. The molecule has 3 aromatic carbocycles. The first-order valence-electron chi connectivity index (χ1n) is 13.7. The Morgan fingerprint density at radius 1 is 0.884 bits per heavy atom. The fourth-order valence-electron chi connectivity index (χ4n) is 4.98. The van der Waals surface area contributed by atoms with E-state index in [2.05, 4.69) is 0 Å². The fraction of sp³-hybridized carbons (Fsp3) is 0.242. The molecule has 9 nitrogen and oxygen atoms in total. The molecule has 0 bridgehead atoms. The Bertz CT molecular complexity index is 1860. The van der Waals surface area contributed by atoms with Crippen LogP contribution < -0.4 is 33.8 Å². The van der Waals surface area contributed by atoms with Crippen molar-refractivity contribution in [2.45, 2.75) is 19.9 Å². The lowest BCUT2D eigenvalue weighted by atomic mass is 9.93. The number of benzene rings is 3. The Labute approximate surface area is 252 Å². The lowest BCUT2D eigenvalue weighted by Crippen LogP contribution is -2.40. The lowest BCUT2D eigenvalue weighted by molar-refractivity contribution is -0.138. The summed E-state index contributed by atoms with van der Waals surface area (Å²) in [4.78, 5) is 33.2. The van der Waals surface area contributed by atoms with E-state index in [4.69, 9.17) is 28.7 Å². The van der Waals surface area contributed by atoms with E-state index in [1.165, 1.54) is 18.4 Å². The summed E-state index contributed by atoms with van der Waals surface area (Å²) in [5.41, 5.74) is 2.51. The number of nitrogens with zero attached hydrogens (tertiary/aromatic N) is 2. The Kier molecular flexibility index (Phi) is 8.96. The highest BCUT2D eigenvalue weighted by Gasteiger charge is 2.35. The number of fused-ring (bicyclic) bond motifs is 1. The monoisotopic (exact) mass is 600 g/mol. The summed E-state index contributed by atoms with van der Waals surface area (Å²) >= 11 is 1.24. The highest BCUT2D eigenvalue weighted by Crippen LogP contribution is 2.38. The SMILES string of the molecule is CCOC(=O)C1=C(c2ccccc2)N=c2s/c(=C\c3ccc(OC)c(OCC)c3)c(=O)n2[C@@H]1c1ccc(OC)c(OC)c1. The fourth-order valence-corrected chi connectivity index (χ4v) is 5.98. The maximum absolute atomic E-state index is 14.2. The van der Waals surface area contributed by atoms with E-state index in [0.717, 1.165) is 11.1 Å². The zero-order valence-corrected chi connectivity index (χ0v) is 25.4. The van der Waals surface area contributed by atoms with Gasteiger partial charge in [-0.05, 0) is 55.3 Å². The Morgan fingerprint density at radius 3 is 2.26 bits per heavy atom. The molecular weight excluding hydrogens is 568 g/mol. The average molecular weight is 601 g/mol. The van der Waals surface area contributed by atoms with E-state index in [-0.39, 0.29) is 17.7 Å².